The Kier molecular flexibility index (Phi) is 6.07. The van der Waals surface area contributed by atoms with Gasteiger partial charge in [0.2, 0.25) is 0 Å². The third kappa shape index (κ3) is 4.34. The number of aromatic nitrogens is 1. The van der Waals surface area contributed by atoms with Crippen LogP contribution in [-0.4, -0.2) is 28.5 Å². The smallest absolute Gasteiger partial charge is 0.364 e. The van der Waals surface area contributed by atoms with Crippen LogP contribution < -0.4 is 10.6 Å². The number of ether oxygens (including phenoxy) is 1. The average molecular weight is 448 g/mol. The highest BCUT2D eigenvalue weighted by atomic mass is 19.3. The van der Waals surface area contributed by atoms with Crippen LogP contribution in [0.25, 0.3) is 0 Å². The van der Waals surface area contributed by atoms with Gasteiger partial charge in [0.05, 0.1) is 30.0 Å². The maximum absolute atomic E-state index is 15.3. The van der Waals surface area contributed by atoms with E-state index in [0.29, 0.717) is 0 Å². The number of carbonyl (C=O) groups excluding carboxylic acids is 2. The van der Waals surface area contributed by atoms with Gasteiger partial charge in [0.25, 0.3) is 11.8 Å². The lowest BCUT2D eigenvalue weighted by molar-refractivity contribution is -0.149. The Morgan fingerprint density at radius 3 is 2.56 bits per heavy atom. The SMILES string of the molecule is Cc1c(C(=O)Nc2ccc(F)c(C#N)c2)c2n(c1C(F)(F)C(=O)NC(C)(C)C)CCOC2. The van der Waals surface area contributed by atoms with Crippen molar-refractivity contribution in [3.05, 3.63) is 52.1 Å². The van der Waals surface area contributed by atoms with Gasteiger partial charge in [0.15, 0.2) is 0 Å². The van der Waals surface area contributed by atoms with Gasteiger partial charge in [-0.05, 0) is 51.5 Å². The summed E-state index contributed by atoms with van der Waals surface area (Å²) in [5, 5.41) is 13.8. The minimum atomic E-state index is -3.90. The zero-order valence-electron chi connectivity index (χ0n) is 18.1. The number of anilines is 1. The second-order valence-corrected chi connectivity index (χ2v) is 8.54. The first-order valence-corrected chi connectivity index (χ1v) is 9.88. The Balaban J connectivity index is 2.05. The maximum atomic E-state index is 15.3. The first-order chi connectivity index (χ1) is 14.9. The Morgan fingerprint density at radius 2 is 1.94 bits per heavy atom. The largest absolute Gasteiger partial charge is 0.373 e. The molecule has 1 aliphatic rings. The first kappa shape index (κ1) is 23.3. The second-order valence-electron chi connectivity index (χ2n) is 8.54. The minimum Gasteiger partial charge on any atom is -0.373 e. The summed E-state index contributed by atoms with van der Waals surface area (Å²) in [7, 11) is 0. The first-order valence-electron chi connectivity index (χ1n) is 9.88. The predicted octanol–water partition coefficient (Wildman–Crippen LogP) is 3.60. The molecule has 0 atom stereocenters. The Morgan fingerprint density at radius 1 is 1.25 bits per heavy atom. The summed E-state index contributed by atoms with van der Waals surface area (Å²) >= 11 is 0. The number of carbonyl (C=O) groups is 2. The second kappa shape index (κ2) is 8.31. The molecule has 0 saturated carbocycles. The maximum Gasteiger partial charge on any atom is 0.364 e. The fourth-order valence-corrected chi connectivity index (χ4v) is 3.64. The molecule has 1 aliphatic heterocycles. The number of rotatable bonds is 4. The van der Waals surface area contributed by atoms with E-state index in [1.54, 1.807) is 26.8 Å². The molecule has 0 bridgehead atoms. The fraction of sp³-hybridized carbons (Fsp3) is 0.409. The van der Waals surface area contributed by atoms with Crippen LogP contribution in [0.4, 0.5) is 18.9 Å². The summed E-state index contributed by atoms with van der Waals surface area (Å²) in [5.41, 5.74) is -1.48. The molecule has 170 valence electrons. The third-order valence-electron chi connectivity index (χ3n) is 4.96. The Bertz CT molecular complexity index is 1130. The number of alkyl halides is 2. The summed E-state index contributed by atoms with van der Waals surface area (Å²) in [6.07, 6.45) is 0. The monoisotopic (exact) mass is 448 g/mol. The number of nitrogens with one attached hydrogen (secondary N) is 2. The van der Waals surface area contributed by atoms with E-state index in [1.807, 2.05) is 0 Å². The molecule has 7 nitrogen and oxygen atoms in total. The molecule has 0 unspecified atom stereocenters. The average Bonchev–Trinajstić information content (AvgIpc) is 3.00. The quantitative estimate of drug-likeness (QED) is 0.747. The Hall–Kier alpha value is -3.32. The molecule has 0 radical (unpaired) electrons. The van der Waals surface area contributed by atoms with E-state index in [1.165, 1.54) is 17.6 Å². The van der Waals surface area contributed by atoms with E-state index >= 15 is 8.78 Å². The molecular formula is C22H23F3N4O3. The van der Waals surface area contributed by atoms with Crippen LogP contribution in [0.1, 0.15) is 53.6 Å². The molecule has 10 heteroatoms. The van der Waals surface area contributed by atoms with Crippen molar-refractivity contribution in [2.24, 2.45) is 0 Å². The molecule has 1 aromatic heterocycles. The molecule has 2 amide bonds. The highest BCUT2D eigenvalue weighted by Gasteiger charge is 2.48. The highest BCUT2D eigenvalue weighted by molar-refractivity contribution is 6.07. The summed E-state index contributed by atoms with van der Waals surface area (Å²) in [5.74, 6) is -6.84. The van der Waals surface area contributed by atoms with E-state index in [0.717, 1.165) is 12.1 Å². The minimum absolute atomic E-state index is 0.0479. The predicted molar refractivity (Wildman–Crippen MR) is 110 cm³/mol. The van der Waals surface area contributed by atoms with E-state index in [9.17, 15) is 14.0 Å². The Labute approximate surface area is 183 Å². The zero-order chi connectivity index (χ0) is 23.8. The molecule has 2 heterocycles. The number of nitriles is 1. The summed E-state index contributed by atoms with van der Waals surface area (Å²) in [6, 6.07) is 5.10. The van der Waals surface area contributed by atoms with Crippen LogP contribution >= 0.6 is 0 Å². The highest BCUT2D eigenvalue weighted by Crippen LogP contribution is 2.38. The van der Waals surface area contributed by atoms with E-state index in [4.69, 9.17) is 10.00 Å². The van der Waals surface area contributed by atoms with Crippen LogP contribution in [0.3, 0.4) is 0 Å². The molecule has 0 spiro atoms. The third-order valence-corrected chi connectivity index (χ3v) is 4.96. The summed E-state index contributed by atoms with van der Waals surface area (Å²) in [4.78, 5) is 25.4. The van der Waals surface area contributed by atoms with Crippen molar-refractivity contribution in [2.45, 2.75) is 52.3 Å². The van der Waals surface area contributed by atoms with Crippen molar-refractivity contribution >= 4 is 17.5 Å². The molecule has 1 aromatic carbocycles. The van der Waals surface area contributed by atoms with Gasteiger partial charge in [-0.1, -0.05) is 0 Å². The number of hydrogen-bond acceptors (Lipinski definition) is 4. The lowest BCUT2D eigenvalue weighted by Gasteiger charge is -2.27. The molecule has 2 N–H and O–H groups in total. The van der Waals surface area contributed by atoms with Crippen LogP contribution in [0.15, 0.2) is 18.2 Å². The topological polar surface area (TPSA) is 96.2 Å². The zero-order valence-corrected chi connectivity index (χ0v) is 18.1. The number of nitrogens with zero attached hydrogens (tertiary/aromatic N) is 2. The van der Waals surface area contributed by atoms with Crippen molar-refractivity contribution in [3.8, 4) is 6.07 Å². The number of benzene rings is 1. The lowest BCUT2D eigenvalue weighted by atomic mass is 10.0. The van der Waals surface area contributed by atoms with Gasteiger partial charge in [0.1, 0.15) is 17.6 Å². The van der Waals surface area contributed by atoms with Gasteiger partial charge in [-0.25, -0.2) is 4.39 Å². The lowest BCUT2D eigenvalue weighted by Crippen LogP contribution is -2.48. The number of amides is 2. The number of halogens is 3. The molecular weight excluding hydrogens is 425 g/mol. The van der Waals surface area contributed by atoms with Crippen molar-refractivity contribution in [3.63, 3.8) is 0 Å². The van der Waals surface area contributed by atoms with Crippen LogP contribution in [-0.2, 0) is 28.6 Å². The van der Waals surface area contributed by atoms with Crippen molar-refractivity contribution in [2.75, 3.05) is 11.9 Å². The summed E-state index contributed by atoms with van der Waals surface area (Å²) in [6.45, 7) is 6.22. The van der Waals surface area contributed by atoms with Gasteiger partial charge < -0.3 is 19.9 Å². The standard InChI is InChI=1S/C22H23F3N4O3/c1-12-17(19(30)27-14-5-6-15(23)13(9-14)10-26)16-11-32-8-7-29(16)18(12)22(24,25)20(31)28-21(2,3)4/h5-6,9H,7-8,11H2,1-4H3,(H,27,30)(H,28,31). The van der Waals surface area contributed by atoms with Gasteiger partial charge in [-0.15, -0.1) is 0 Å². The fourth-order valence-electron chi connectivity index (χ4n) is 3.64. The van der Waals surface area contributed by atoms with E-state index < -0.39 is 34.8 Å². The van der Waals surface area contributed by atoms with Gasteiger partial charge in [-0.2, -0.15) is 14.0 Å². The molecule has 0 fully saturated rings. The van der Waals surface area contributed by atoms with Gasteiger partial charge in [0, 0.05) is 17.8 Å². The number of fused-ring (bicyclic) bond motifs is 1. The van der Waals surface area contributed by atoms with Gasteiger partial charge >= 0.3 is 5.92 Å². The van der Waals surface area contributed by atoms with E-state index in [-0.39, 0.29) is 47.8 Å². The normalized spacial score (nSPS) is 13.8. The van der Waals surface area contributed by atoms with Crippen molar-refractivity contribution in [1.29, 1.82) is 5.26 Å². The molecule has 32 heavy (non-hydrogen) atoms. The molecule has 3 rings (SSSR count). The molecule has 0 aliphatic carbocycles. The summed E-state index contributed by atoms with van der Waals surface area (Å²) < 4.78 is 50.8. The van der Waals surface area contributed by atoms with Gasteiger partial charge in [-0.3, -0.25) is 9.59 Å². The molecule has 0 saturated heterocycles. The number of hydrogen-bond donors (Lipinski definition) is 2. The van der Waals surface area contributed by atoms with Crippen molar-refractivity contribution in [1.82, 2.24) is 9.88 Å². The van der Waals surface area contributed by atoms with Crippen LogP contribution in [0.2, 0.25) is 0 Å². The van der Waals surface area contributed by atoms with Crippen LogP contribution in [0.5, 0.6) is 0 Å². The van der Waals surface area contributed by atoms with Crippen molar-refractivity contribution < 1.29 is 27.5 Å². The van der Waals surface area contributed by atoms with E-state index in [2.05, 4.69) is 10.6 Å². The molecule has 2 aromatic rings. The van der Waals surface area contributed by atoms with Crippen LogP contribution in [0, 0.1) is 24.1 Å².